The first kappa shape index (κ1) is 32.0. The standard InChI is InChI=1S/C35H41ClFN7O2/c1-20-9-8-10-25(28(20)36)27-21(2)15-26-30(29(27)37)40-33(42-17-24(18-42)41(6)7)31-32(26)44(19-39-31)23-12-14-43(22(16-23)11-13-38)34(45)46-35(3,4)5/h8-10,15,19,22-24H,11-12,14,16-18H2,1-7H3/t22-,23+/m1/s1. The number of likely N-dealkylation sites (tertiary alicyclic amines) is 1. The van der Waals surface area contributed by atoms with Crippen LogP contribution in [-0.2, 0) is 4.74 Å². The zero-order valence-corrected chi connectivity index (χ0v) is 28.3. The molecule has 2 saturated heterocycles. The molecule has 2 aliphatic rings. The third kappa shape index (κ3) is 5.64. The lowest BCUT2D eigenvalue weighted by Gasteiger charge is -2.43. The summed E-state index contributed by atoms with van der Waals surface area (Å²) in [7, 11) is 4.11. The van der Waals surface area contributed by atoms with Crippen molar-refractivity contribution in [2.45, 2.75) is 77.6 Å². The number of hydrogen-bond donors (Lipinski definition) is 0. The summed E-state index contributed by atoms with van der Waals surface area (Å²) < 4.78 is 24.7. The number of likely N-dealkylation sites (N-methyl/N-ethyl adjacent to an activating group) is 1. The van der Waals surface area contributed by atoms with Gasteiger partial charge in [0.25, 0.3) is 0 Å². The van der Waals surface area contributed by atoms with E-state index in [0.717, 1.165) is 35.2 Å². The van der Waals surface area contributed by atoms with Crippen LogP contribution in [0.5, 0.6) is 0 Å². The van der Waals surface area contributed by atoms with Crippen LogP contribution in [0.2, 0.25) is 5.02 Å². The first-order chi connectivity index (χ1) is 21.8. The minimum Gasteiger partial charge on any atom is -0.444 e. The van der Waals surface area contributed by atoms with Gasteiger partial charge in [-0.05, 0) is 78.7 Å². The number of nitriles is 1. The molecule has 0 unspecified atom stereocenters. The van der Waals surface area contributed by atoms with E-state index in [2.05, 4.69) is 34.5 Å². The second-order valence-corrected chi connectivity index (χ2v) is 14.3. The number of carbonyl (C=O) groups is 1. The van der Waals surface area contributed by atoms with Crippen LogP contribution in [0.15, 0.2) is 30.6 Å². The van der Waals surface area contributed by atoms with Gasteiger partial charge in [-0.15, -0.1) is 0 Å². The second kappa shape index (κ2) is 12.0. The van der Waals surface area contributed by atoms with E-state index in [1.807, 2.05) is 65.2 Å². The number of benzene rings is 2. The Hall–Kier alpha value is -3.94. The number of fused-ring (bicyclic) bond motifs is 3. The molecule has 4 aromatic rings. The van der Waals surface area contributed by atoms with Crippen LogP contribution in [0.3, 0.4) is 0 Å². The number of hydrogen-bond acceptors (Lipinski definition) is 7. The van der Waals surface area contributed by atoms with Crippen LogP contribution < -0.4 is 4.90 Å². The molecule has 2 aromatic carbocycles. The number of aryl methyl sites for hydroxylation is 2. The van der Waals surface area contributed by atoms with E-state index in [1.165, 1.54) is 0 Å². The molecule has 4 heterocycles. The fraction of sp³-hybridized carbons (Fsp3) is 0.486. The molecule has 1 amide bonds. The van der Waals surface area contributed by atoms with Crippen LogP contribution in [0.1, 0.15) is 57.2 Å². The lowest BCUT2D eigenvalue weighted by Crippen LogP contribution is -2.57. The number of ether oxygens (including phenoxy) is 1. The summed E-state index contributed by atoms with van der Waals surface area (Å²) in [6.07, 6.45) is 2.77. The topological polar surface area (TPSA) is 90.5 Å². The average Bonchev–Trinajstić information content (AvgIpc) is 3.40. The van der Waals surface area contributed by atoms with Gasteiger partial charge in [-0.3, -0.25) is 0 Å². The molecular weight excluding hydrogens is 605 g/mol. The van der Waals surface area contributed by atoms with Crippen LogP contribution in [0.4, 0.5) is 15.0 Å². The van der Waals surface area contributed by atoms with Crippen molar-refractivity contribution in [3.05, 3.63) is 52.6 Å². The summed E-state index contributed by atoms with van der Waals surface area (Å²) in [6.45, 7) is 11.3. The lowest BCUT2D eigenvalue weighted by atomic mass is 9.94. The summed E-state index contributed by atoms with van der Waals surface area (Å²) >= 11 is 6.72. The van der Waals surface area contributed by atoms with Crippen molar-refractivity contribution < 1.29 is 13.9 Å². The molecule has 0 radical (unpaired) electrons. The molecular formula is C35H41ClFN7O2. The number of amides is 1. The highest BCUT2D eigenvalue weighted by Gasteiger charge is 2.37. The van der Waals surface area contributed by atoms with E-state index >= 15 is 4.39 Å². The first-order valence-corrected chi connectivity index (χ1v) is 16.2. The van der Waals surface area contributed by atoms with E-state index in [9.17, 15) is 10.1 Å². The molecule has 0 aliphatic carbocycles. The number of imidazole rings is 1. The number of carbonyl (C=O) groups excluding carboxylic acids is 1. The zero-order valence-electron chi connectivity index (χ0n) is 27.6. The number of rotatable bonds is 5. The van der Waals surface area contributed by atoms with Crippen molar-refractivity contribution in [1.82, 2.24) is 24.3 Å². The second-order valence-electron chi connectivity index (χ2n) is 13.9. The Morgan fingerprint density at radius 3 is 2.61 bits per heavy atom. The molecule has 6 rings (SSSR count). The number of aromatic nitrogens is 3. The molecule has 11 heteroatoms. The lowest BCUT2D eigenvalue weighted by molar-refractivity contribution is 0.00618. The monoisotopic (exact) mass is 645 g/mol. The van der Waals surface area contributed by atoms with E-state index < -0.39 is 17.5 Å². The minimum absolute atomic E-state index is 0.0688. The summed E-state index contributed by atoms with van der Waals surface area (Å²) in [4.78, 5) is 29.0. The van der Waals surface area contributed by atoms with Gasteiger partial charge in [0.05, 0.1) is 29.4 Å². The SMILES string of the molecule is Cc1cccc(-c2c(C)cc3c(nc(N4CC(N(C)C)C4)c4ncn([C@H]5CCN(C(=O)OC(C)(C)C)[C@H](CC#N)C5)c43)c2F)c1Cl. The normalized spacial score (nSPS) is 19.2. The third-order valence-corrected chi connectivity index (χ3v) is 9.81. The molecule has 9 nitrogen and oxygen atoms in total. The van der Waals surface area contributed by atoms with Crippen molar-refractivity contribution in [3.63, 3.8) is 0 Å². The molecule has 2 atom stereocenters. The van der Waals surface area contributed by atoms with Crippen molar-refractivity contribution in [1.29, 1.82) is 5.26 Å². The number of anilines is 1. The zero-order chi connectivity index (χ0) is 33.1. The minimum atomic E-state index is -0.639. The fourth-order valence-corrected chi connectivity index (χ4v) is 6.99. The maximum atomic E-state index is 16.9. The highest BCUT2D eigenvalue weighted by Crippen LogP contribution is 2.42. The van der Waals surface area contributed by atoms with Gasteiger partial charge in [0.1, 0.15) is 16.6 Å². The summed E-state index contributed by atoms with van der Waals surface area (Å²) in [5.74, 6) is 0.244. The molecule has 0 N–H and O–H groups in total. The molecule has 2 aliphatic heterocycles. The van der Waals surface area contributed by atoms with Gasteiger partial charge in [-0.2, -0.15) is 5.26 Å². The van der Waals surface area contributed by atoms with Gasteiger partial charge in [0, 0.05) is 54.3 Å². The first-order valence-electron chi connectivity index (χ1n) is 15.8. The van der Waals surface area contributed by atoms with Crippen LogP contribution in [0.25, 0.3) is 33.1 Å². The van der Waals surface area contributed by atoms with Gasteiger partial charge >= 0.3 is 6.09 Å². The van der Waals surface area contributed by atoms with Gasteiger partial charge in [-0.25, -0.2) is 19.2 Å². The number of pyridine rings is 1. The largest absolute Gasteiger partial charge is 0.444 e. The highest BCUT2D eigenvalue weighted by molar-refractivity contribution is 6.34. The average molecular weight is 646 g/mol. The fourth-order valence-electron chi connectivity index (χ4n) is 6.77. The highest BCUT2D eigenvalue weighted by atomic mass is 35.5. The van der Waals surface area contributed by atoms with Crippen LogP contribution >= 0.6 is 11.6 Å². The van der Waals surface area contributed by atoms with Gasteiger partial charge < -0.3 is 24.0 Å². The molecule has 0 saturated carbocycles. The van der Waals surface area contributed by atoms with E-state index in [4.69, 9.17) is 26.3 Å². The smallest absolute Gasteiger partial charge is 0.410 e. The van der Waals surface area contributed by atoms with Crippen molar-refractivity contribution in [3.8, 4) is 17.2 Å². The summed E-state index contributed by atoms with van der Waals surface area (Å²) in [5.41, 5.74) is 3.87. The van der Waals surface area contributed by atoms with Crippen LogP contribution in [0, 0.1) is 31.0 Å². The Morgan fingerprint density at radius 2 is 1.93 bits per heavy atom. The molecule has 0 bridgehead atoms. The Morgan fingerprint density at radius 1 is 1.20 bits per heavy atom. The van der Waals surface area contributed by atoms with Gasteiger partial charge in [0.2, 0.25) is 0 Å². The molecule has 0 spiro atoms. The third-order valence-electron chi connectivity index (χ3n) is 9.31. The molecule has 242 valence electrons. The Balaban J connectivity index is 1.49. The van der Waals surface area contributed by atoms with Gasteiger partial charge in [-0.1, -0.05) is 29.8 Å². The Kier molecular flexibility index (Phi) is 8.36. The van der Waals surface area contributed by atoms with Gasteiger partial charge in [0.15, 0.2) is 11.6 Å². The quantitative estimate of drug-likeness (QED) is 0.226. The van der Waals surface area contributed by atoms with Crippen LogP contribution in [-0.4, -0.2) is 81.8 Å². The predicted octanol–water partition coefficient (Wildman–Crippen LogP) is 7.27. The summed E-state index contributed by atoms with van der Waals surface area (Å²) in [6, 6.07) is 9.87. The predicted molar refractivity (Wildman–Crippen MR) is 180 cm³/mol. The number of halogens is 2. The van der Waals surface area contributed by atoms with E-state index in [-0.39, 0.29) is 24.0 Å². The Labute approximate surface area is 274 Å². The van der Waals surface area contributed by atoms with E-state index in [0.29, 0.717) is 52.8 Å². The maximum absolute atomic E-state index is 16.9. The molecule has 2 fully saturated rings. The van der Waals surface area contributed by atoms with Crippen molar-refractivity contribution in [2.24, 2.45) is 0 Å². The number of nitrogens with zero attached hydrogens (tertiary/aromatic N) is 7. The molecule has 2 aromatic heterocycles. The van der Waals surface area contributed by atoms with E-state index in [1.54, 1.807) is 4.90 Å². The number of piperidine rings is 1. The molecule has 46 heavy (non-hydrogen) atoms. The van der Waals surface area contributed by atoms with Crippen molar-refractivity contribution in [2.75, 3.05) is 38.6 Å². The van der Waals surface area contributed by atoms with Crippen molar-refractivity contribution >= 4 is 45.4 Å². The summed E-state index contributed by atoms with van der Waals surface area (Å²) in [5, 5.41) is 10.9. The Bertz CT molecular complexity index is 1870. The maximum Gasteiger partial charge on any atom is 0.410 e.